The third-order valence-corrected chi connectivity index (χ3v) is 3.49. The number of rotatable bonds is 6. The van der Waals surface area contributed by atoms with E-state index in [9.17, 15) is 14.4 Å². The van der Waals surface area contributed by atoms with Crippen LogP contribution in [0.3, 0.4) is 0 Å². The van der Waals surface area contributed by atoms with Gasteiger partial charge in [0.25, 0.3) is 5.91 Å². The zero-order valence-corrected chi connectivity index (χ0v) is 14.1. The highest BCUT2D eigenvalue weighted by molar-refractivity contribution is 6.01. The van der Waals surface area contributed by atoms with Crippen molar-refractivity contribution in [1.82, 2.24) is 5.48 Å². The number of ether oxygens (including phenoxy) is 3. The van der Waals surface area contributed by atoms with Gasteiger partial charge in [-0.25, -0.2) is 15.1 Å². The van der Waals surface area contributed by atoms with E-state index in [0.29, 0.717) is 16.7 Å². The number of nitrogens with one attached hydrogen (secondary N) is 1. The summed E-state index contributed by atoms with van der Waals surface area (Å²) < 4.78 is 14.8. The van der Waals surface area contributed by atoms with Gasteiger partial charge in [-0.15, -0.1) is 0 Å². The van der Waals surface area contributed by atoms with Gasteiger partial charge in [-0.3, -0.25) is 10.0 Å². The number of carbonyl (C=O) groups excluding carboxylic acids is 3. The highest BCUT2D eigenvalue weighted by atomic mass is 16.5. The number of amides is 1. The number of benzene rings is 2. The molecule has 0 radical (unpaired) electrons. The molecule has 0 saturated heterocycles. The molecule has 0 aliphatic rings. The minimum Gasteiger partial charge on any atom is -0.483 e. The van der Waals surface area contributed by atoms with Crippen molar-refractivity contribution in [2.24, 2.45) is 0 Å². The lowest BCUT2D eigenvalue weighted by atomic mass is 9.97. The Kier molecular flexibility index (Phi) is 6.29. The highest BCUT2D eigenvalue weighted by Crippen LogP contribution is 2.32. The van der Waals surface area contributed by atoms with Crippen molar-refractivity contribution in [3.8, 4) is 16.9 Å². The lowest BCUT2D eigenvalue weighted by molar-refractivity contribution is -0.131. The molecule has 2 rings (SSSR count). The van der Waals surface area contributed by atoms with E-state index in [-0.39, 0.29) is 11.3 Å². The Labute approximate surface area is 149 Å². The maximum absolute atomic E-state index is 12.3. The molecule has 2 aromatic rings. The predicted molar refractivity (Wildman–Crippen MR) is 90.0 cm³/mol. The lowest BCUT2D eigenvalue weighted by Crippen LogP contribution is -2.26. The van der Waals surface area contributed by atoms with Gasteiger partial charge in [-0.2, -0.15) is 0 Å². The zero-order valence-electron chi connectivity index (χ0n) is 14.1. The van der Waals surface area contributed by atoms with Gasteiger partial charge in [0.05, 0.1) is 19.8 Å². The third-order valence-electron chi connectivity index (χ3n) is 3.49. The highest BCUT2D eigenvalue weighted by Gasteiger charge is 2.20. The SMILES string of the molecule is COC(=O)c1cccc(-c2cccc(OCC(=O)NO)c2C(=O)OC)c1. The standard InChI is InChI=1S/C18H17NO7/c1-24-17(21)12-6-3-5-11(9-12)13-7-4-8-14(16(13)18(22)25-2)26-10-15(20)19-23/h3-9,23H,10H2,1-2H3,(H,19,20). The van der Waals surface area contributed by atoms with Gasteiger partial charge in [0.2, 0.25) is 0 Å². The number of methoxy groups -OCH3 is 2. The monoisotopic (exact) mass is 359 g/mol. The molecule has 2 N–H and O–H groups in total. The molecule has 0 saturated carbocycles. The molecule has 0 heterocycles. The van der Waals surface area contributed by atoms with E-state index in [4.69, 9.17) is 19.4 Å². The van der Waals surface area contributed by atoms with E-state index in [1.165, 1.54) is 25.8 Å². The maximum atomic E-state index is 12.3. The quantitative estimate of drug-likeness (QED) is 0.460. The average Bonchev–Trinajstić information content (AvgIpc) is 2.70. The van der Waals surface area contributed by atoms with Crippen LogP contribution in [0.4, 0.5) is 0 Å². The van der Waals surface area contributed by atoms with Crippen molar-refractivity contribution in [1.29, 1.82) is 0 Å². The van der Waals surface area contributed by atoms with E-state index in [0.717, 1.165) is 0 Å². The Morgan fingerprint density at radius 3 is 2.35 bits per heavy atom. The minimum absolute atomic E-state index is 0.0859. The largest absolute Gasteiger partial charge is 0.483 e. The fourth-order valence-corrected chi connectivity index (χ4v) is 2.31. The van der Waals surface area contributed by atoms with Crippen LogP contribution in [0.2, 0.25) is 0 Å². The number of hydroxylamine groups is 1. The summed E-state index contributed by atoms with van der Waals surface area (Å²) in [5.74, 6) is -1.87. The Balaban J connectivity index is 2.53. The second-order valence-electron chi connectivity index (χ2n) is 5.07. The number of hydrogen-bond acceptors (Lipinski definition) is 7. The van der Waals surface area contributed by atoms with Crippen LogP contribution in [0.15, 0.2) is 42.5 Å². The van der Waals surface area contributed by atoms with Crippen LogP contribution in [-0.2, 0) is 14.3 Å². The molecule has 0 unspecified atom stereocenters. The smallest absolute Gasteiger partial charge is 0.342 e. The van der Waals surface area contributed by atoms with Crippen molar-refractivity contribution in [2.45, 2.75) is 0 Å². The van der Waals surface area contributed by atoms with Crippen molar-refractivity contribution in [3.05, 3.63) is 53.6 Å². The second kappa shape index (κ2) is 8.63. The van der Waals surface area contributed by atoms with Crippen LogP contribution < -0.4 is 10.2 Å². The Morgan fingerprint density at radius 2 is 1.69 bits per heavy atom. The molecule has 8 heteroatoms. The Hall–Kier alpha value is -3.39. The summed E-state index contributed by atoms with van der Waals surface area (Å²) in [5, 5.41) is 8.56. The summed E-state index contributed by atoms with van der Waals surface area (Å²) in [7, 11) is 2.49. The fraction of sp³-hybridized carbons (Fsp3) is 0.167. The van der Waals surface area contributed by atoms with E-state index in [1.807, 2.05) is 0 Å². The first-order valence-corrected chi connectivity index (χ1v) is 7.47. The number of carbonyl (C=O) groups is 3. The molecule has 0 atom stereocenters. The van der Waals surface area contributed by atoms with Gasteiger partial charge >= 0.3 is 11.9 Å². The van der Waals surface area contributed by atoms with Crippen molar-refractivity contribution < 1.29 is 33.8 Å². The fourth-order valence-electron chi connectivity index (χ4n) is 2.31. The molecule has 0 bridgehead atoms. The normalized spacial score (nSPS) is 9.96. The van der Waals surface area contributed by atoms with Crippen LogP contribution >= 0.6 is 0 Å². The minimum atomic E-state index is -0.779. The molecule has 26 heavy (non-hydrogen) atoms. The lowest BCUT2D eigenvalue weighted by Gasteiger charge is -2.14. The van der Waals surface area contributed by atoms with Crippen molar-refractivity contribution in [2.75, 3.05) is 20.8 Å². The van der Waals surface area contributed by atoms with Crippen LogP contribution in [0, 0.1) is 0 Å². The molecule has 136 valence electrons. The molecule has 0 aliphatic carbocycles. The van der Waals surface area contributed by atoms with Gasteiger partial charge in [0.1, 0.15) is 11.3 Å². The molecule has 8 nitrogen and oxygen atoms in total. The second-order valence-corrected chi connectivity index (χ2v) is 5.07. The van der Waals surface area contributed by atoms with E-state index in [1.54, 1.807) is 36.4 Å². The first kappa shape index (κ1) is 18.9. The van der Waals surface area contributed by atoms with Gasteiger partial charge in [0, 0.05) is 0 Å². The van der Waals surface area contributed by atoms with Crippen LogP contribution in [-0.4, -0.2) is 43.9 Å². The summed E-state index contributed by atoms with van der Waals surface area (Å²) in [6.45, 7) is -0.494. The summed E-state index contributed by atoms with van der Waals surface area (Å²) in [6.07, 6.45) is 0. The average molecular weight is 359 g/mol. The number of esters is 2. The molecular weight excluding hydrogens is 342 g/mol. The third kappa shape index (κ3) is 4.17. The topological polar surface area (TPSA) is 111 Å². The van der Waals surface area contributed by atoms with E-state index >= 15 is 0 Å². The first-order valence-electron chi connectivity index (χ1n) is 7.47. The van der Waals surface area contributed by atoms with Gasteiger partial charge < -0.3 is 14.2 Å². The van der Waals surface area contributed by atoms with Crippen molar-refractivity contribution >= 4 is 17.8 Å². The molecule has 2 aromatic carbocycles. The Bertz CT molecular complexity index is 832. The number of hydrogen-bond donors (Lipinski definition) is 2. The van der Waals surface area contributed by atoms with Crippen LogP contribution in [0.25, 0.3) is 11.1 Å². The van der Waals surface area contributed by atoms with Gasteiger partial charge in [-0.05, 0) is 29.3 Å². The molecular formula is C18H17NO7. The molecule has 0 spiro atoms. The van der Waals surface area contributed by atoms with Crippen molar-refractivity contribution in [3.63, 3.8) is 0 Å². The molecule has 1 amide bonds. The van der Waals surface area contributed by atoms with Gasteiger partial charge in [0.15, 0.2) is 6.61 Å². The summed E-state index contributed by atoms with van der Waals surface area (Å²) >= 11 is 0. The summed E-state index contributed by atoms with van der Waals surface area (Å²) in [5.41, 5.74) is 2.85. The zero-order chi connectivity index (χ0) is 19.1. The summed E-state index contributed by atoms with van der Waals surface area (Å²) in [6, 6.07) is 11.3. The molecule has 0 fully saturated rings. The maximum Gasteiger partial charge on any atom is 0.342 e. The summed E-state index contributed by atoms with van der Waals surface area (Å²) in [4.78, 5) is 35.2. The molecule has 0 aliphatic heterocycles. The molecule has 0 aromatic heterocycles. The first-order chi connectivity index (χ1) is 12.5. The predicted octanol–water partition coefficient (Wildman–Crippen LogP) is 1.81. The Morgan fingerprint density at radius 1 is 1.00 bits per heavy atom. The van der Waals surface area contributed by atoms with Crippen LogP contribution in [0.5, 0.6) is 5.75 Å². The van der Waals surface area contributed by atoms with E-state index < -0.39 is 24.5 Å². The van der Waals surface area contributed by atoms with Gasteiger partial charge in [-0.1, -0.05) is 24.3 Å². The van der Waals surface area contributed by atoms with E-state index in [2.05, 4.69) is 0 Å². The van der Waals surface area contributed by atoms with Crippen LogP contribution in [0.1, 0.15) is 20.7 Å².